The fourth-order valence-electron chi connectivity index (χ4n) is 3.68. The van der Waals surface area contributed by atoms with E-state index in [1.54, 1.807) is 32.3 Å². The SMILES string of the molecule is Cc1nc2nc(-c3cccc(-c4cccnc4)c3)nc(-c3ccc(C(F)(F)F)cc3F)c2nc1C. The van der Waals surface area contributed by atoms with Crippen LogP contribution in [0.25, 0.3) is 44.9 Å². The fourth-order valence-corrected chi connectivity index (χ4v) is 3.68. The van der Waals surface area contributed by atoms with Gasteiger partial charge in [0.05, 0.1) is 17.0 Å². The van der Waals surface area contributed by atoms with Crippen molar-refractivity contribution >= 4 is 11.2 Å². The Morgan fingerprint density at radius 1 is 0.743 bits per heavy atom. The Morgan fingerprint density at radius 3 is 2.20 bits per heavy atom. The number of aromatic nitrogens is 5. The third kappa shape index (κ3) is 4.32. The molecular weight excluding hydrogens is 458 g/mol. The second kappa shape index (κ2) is 8.50. The first-order valence-electron chi connectivity index (χ1n) is 10.6. The van der Waals surface area contributed by atoms with Crippen LogP contribution in [0.3, 0.4) is 0 Å². The number of hydrogen-bond donors (Lipinski definition) is 0. The number of halogens is 4. The maximum atomic E-state index is 15.0. The molecule has 0 aliphatic carbocycles. The Morgan fingerprint density at radius 2 is 1.49 bits per heavy atom. The zero-order valence-electron chi connectivity index (χ0n) is 18.6. The summed E-state index contributed by atoms with van der Waals surface area (Å²) in [7, 11) is 0. The molecule has 9 heteroatoms. The first-order valence-corrected chi connectivity index (χ1v) is 10.6. The molecule has 0 unspecified atom stereocenters. The van der Waals surface area contributed by atoms with Gasteiger partial charge in [-0.3, -0.25) is 4.98 Å². The van der Waals surface area contributed by atoms with Gasteiger partial charge in [-0.05, 0) is 49.7 Å². The van der Waals surface area contributed by atoms with Gasteiger partial charge in [0.25, 0.3) is 0 Å². The van der Waals surface area contributed by atoms with Gasteiger partial charge in [-0.2, -0.15) is 13.2 Å². The number of fused-ring (bicyclic) bond motifs is 1. The quantitative estimate of drug-likeness (QED) is 0.276. The molecule has 0 spiro atoms. The molecule has 0 radical (unpaired) electrons. The van der Waals surface area contributed by atoms with E-state index in [2.05, 4.69) is 24.9 Å². The molecule has 2 aromatic carbocycles. The molecule has 0 bridgehead atoms. The number of pyridine rings is 1. The average molecular weight is 475 g/mol. The third-order valence-corrected chi connectivity index (χ3v) is 5.61. The second-order valence-corrected chi connectivity index (χ2v) is 7.98. The van der Waals surface area contributed by atoms with Gasteiger partial charge in [0.15, 0.2) is 11.5 Å². The van der Waals surface area contributed by atoms with Crippen molar-refractivity contribution in [1.82, 2.24) is 24.9 Å². The number of hydrogen-bond acceptors (Lipinski definition) is 5. The lowest BCUT2D eigenvalue weighted by molar-refractivity contribution is -0.137. The van der Waals surface area contributed by atoms with Crippen LogP contribution in [0.15, 0.2) is 67.0 Å². The second-order valence-electron chi connectivity index (χ2n) is 7.98. The maximum Gasteiger partial charge on any atom is 0.416 e. The molecule has 3 heterocycles. The lowest BCUT2D eigenvalue weighted by atomic mass is 10.0. The number of aryl methyl sites for hydroxylation is 2. The minimum atomic E-state index is -4.67. The number of rotatable bonds is 3. The Hall–Kier alpha value is -4.27. The topological polar surface area (TPSA) is 64.5 Å². The van der Waals surface area contributed by atoms with Crippen molar-refractivity contribution in [2.45, 2.75) is 20.0 Å². The summed E-state index contributed by atoms with van der Waals surface area (Å²) in [5, 5.41) is 0. The van der Waals surface area contributed by atoms with Crippen LogP contribution < -0.4 is 0 Å². The summed E-state index contributed by atoms with van der Waals surface area (Å²) in [4.78, 5) is 22.2. The molecule has 5 rings (SSSR count). The molecule has 0 fully saturated rings. The first kappa shape index (κ1) is 22.5. The third-order valence-electron chi connectivity index (χ3n) is 5.61. The van der Waals surface area contributed by atoms with Crippen LogP contribution in [0.4, 0.5) is 17.6 Å². The highest BCUT2D eigenvalue weighted by molar-refractivity contribution is 5.89. The van der Waals surface area contributed by atoms with E-state index in [0.29, 0.717) is 23.0 Å². The van der Waals surface area contributed by atoms with Gasteiger partial charge in [0.2, 0.25) is 0 Å². The van der Waals surface area contributed by atoms with E-state index in [4.69, 9.17) is 0 Å². The number of alkyl halides is 3. The van der Waals surface area contributed by atoms with E-state index < -0.39 is 17.6 Å². The largest absolute Gasteiger partial charge is 0.416 e. The van der Waals surface area contributed by atoms with Gasteiger partial charge in [0, 0.05) is 29.1 Å². The minimum absolute atomic E-state index is 0.0682. The van der Waals surface area contributed by atoms with Crippen molar-refractivity contribution in [3.63, 3.8) is 0 Å². The van der Waals surface area contributed by atoms with E-state index in [1.807, 2.05) is 30.3 Å². The van der Waals surface area contributed by atoms with Gasteiger partial charge in [-0.25, -0.2) is 24.3 Å². The molecule has 174 valence electrons. The summed E-state index contributed by atoms with van der Waals surface area (Å²) >= 11 is 0. The van der Waals surface area contributed by atoms with E-state index in [9.17, 15) is 17.6 Å². The summed E-state index contributed by atoms with van der Waals surface area (Å²) in [6, 6.07) is 13.5. The summed E-state index contributed by atoms with van der Waals surface area (Å²) in [6.07, 6.45) is -1.27. The van der Waals surface area contributed by atoms with Crippen molar-refractivity contribution in [2.24, 2.45) is 0 Å². The Balaban J connectivity index is 1.73. The smallest absolute Gasteiger partial charge is 0.264 e. The molecule has 0 amide bonds. The predicted octanol–water partition coefficient (Wildman–Crippen LogP) is 6.59. The standard InChI is InChI=1S/C26H17F4N5/c1-14-15(2)33-25-23(32-14)22(20-9-8-19(12-21(20)27)26(28,29)30)34-24(35-25)17-6-3-5-16(11-17)18-7-4-10-31-13-18/h3-13H,1-2H3. The number of nitrogens with zero attached hydrogens (tertiary/aromatic N) is 5. The van der Waals surface area contributed by atoms with Crippen LogP contribution in [0.5, 0.6) is 0 Å². The molecule has 0 N–H and O–H groups in total. The summed E-state index contributed by atoms with van der Waals surface area (Å²) < 4.78 is 54.3. The molecular formula is C26H17F4N5. The summed E-state index contributed by atoms with van der Waals surface area (Å²) in [5.41, 5.74) is 2.89. The van der Waals surface area contributed by atoms with E-state index in [1.165, 1.54) is 0 Å². The zero-order chi connectivity index (χ0) is 24.7. The van der Waals surface area contributed by atoms with Gasteiger partial charge >= 0.3 is 6.18 Å². The summed E-state index contributed by atoms with van der Waals surface area (Å²) in [6.45, 7) is 3.50. The van der Waals surface area contributed by atoms with Gasteiger partial charge in [0.1, 0.15) is 17.0 Å². The van der Waals surface area contributed by atoms with Gasteiger partial charge < -0.3 is 0 Å². The van der Waals surface area contributed by atoms with E-state index >= 15 is 0 Å². The highest BCUT2D eigenvalue weighted by Crippen LogP contribution is 2.35. The van der Waals surface area contributed by atoms with Crippen molar-refractivity contribution in [1.29, 1.82) is 0 Å². The van der Waals surface area contributed by atoms with Crippen molar-refractivity contribution in [3.8, 4) is 33.8 Å². The Kier molecular flexibility index (Phi) is 5.47. The van der Waals surface area contributed by atoms with Crippen molar-refractivity contribution in [3.05, 3.63) is 89.8 Å². The lowest BCUT2D eigenvalue weighted by Gasteiger charge is -2.13. The molecule has 0 saturated heterocycles. The Labute approximate surface area is 197 Å². The molecule has 5 nitrogen and oxygen atoms in total. The highest BCUT2D eigenvalue weighted by atomic mass is 19.4. The molecule has 5 aromatic rings. The highest BCUT2D eigenvalue weighted by Gasteiger charge is 2.31. The average Bonchev–Trinajstić information content (AvgIpc) is 2.84. The molecule has 0 saturated carbocycles. The van der Waals surface area contributed by atoms with Gasteiger partial charge in [-0.1, -0.05) is 24.3 Å². The van der Waals surface area contributed by atoms with Crippen LogP contribution >= 0.6 is 0 Å². The summed E-state index contributed by atoms with van der Waals surface area (Å²) in [5.74, 6) is -0.815. The predicted molar refractivity (Wildman–Crippen MR) is 124 cm³/mol. The van der Waals surface area contributed by atoms with Crippen LogP contribution in [0.1, 0.15) is 17.0 Å². The molecule has 35 heavy (non-hydrogen) atoms. The van der Waals surface area contributed by atoms with Crippen LogP contribution in [0, 0.1) is 19.7 Å². The fraction of sp³-hybridized carbons (Fsp3) is 0.115. The first-order chi connectivity index (χ1) is 16.7. The lowest BCUT2D eigenvalue weighted by Crippen LogP contribution is -2.06. The van der Waals surface area contributed by atoms with Crippen molar-refractivity contribution in [2.75, 3.05) is 0 Å². The van der Waals surface area contributed by atoms with E-state index in [0.717, 1.165) is 23.3 Å². The minimum Gasteiger partial charge on any atom is -0.264 e. The Bertz CT molecular complexity index is 1570. The number of benzene rings is 2. The van der Waals surface area contributed by atoms with Gasteiger partial charge in [-0.15, -0.1) is 0 Å². The van der Waals surface area contributed by atoms with E-state index in [-0.39, 0.29) is 28.2 Å². The normalized spacial score (nSPS) is 11.7. The molecule has 0 aliphatic rings. The molecule has 0 aliphatic heterocycles. The monoisotopic (exact) mass is 475 g/mol. The van der Waals surface area contributed by atoms with Crippen LogP contribution in [-0.2, 0) is 6.18 Å². The van der Waals surface area contributed by atoms with Crippen LogP contribution in [0.2, 0.25) is 0 Å². The van der Waals surface area contributed by atoms with Crippen molar-refractivity contribution < 1.29 is 17.6 Å². The molecule has 3 aromatic heterocycles. The zero-order valence-corrected chi connectivity index (χ0v) is 18.6. The maximum absolute atomic E-state index is 15.0. The molecule has 0 atom stereocenters. The van der Waals surface area contributed by atoms with Crippen LogP contribution in [-0.4, -0.2) is 24.9 Å².